The van der Waals surface area contributed by atoms with Crippen molar-refractivity contribution < 1.29 is 0 Å². The topological polar surface area (TPSA) is 15.3 Å². The van der Waals surface area contributed by atoms with Crippen LogP contribution in [0.15, 0.2) is 0 Å². The fraction of sp³-hybridized carbons (Fsp3) is 1.00. The van der Waals surface area contributed by atoms with E-state index in [0.717, 1.165) is 12.0 Å². The van der Waals surface area contributed by atoms with Crippen LogP contribution in [-0.2, 0) is 0 Å². The molecule has 0 bridgehead atoms. The molecule has 0 saturated carbocycles. The van der Waals surface area contributed by atoms with Gasteiger partial charge in [0.2, 0.25) is 0 Å². The van der Waals surface area contributed by atoms with E-state index in [2.05, 4.69) is 37.9 Å². The highest BCUT2D eigenvalue weighted by Gasteiger charge is 2.21. The fourth-order valence-electron chi connectivity index (χ4n) is 2.49. The maximum absolute atomic E-state index is 3.65. The molecule has 1 rings (SSSR count). The van der Waals surface area contributed by atoms with Gasteiger partial charge in [-0.25, -0.2) is 0 Å². The Hall–Kier alpha value is -0.0800. The van der Waals surface area contributed by atoms with Crippen molar-refractivity contribution in [3.63, 3.8) is 0 Å². The average Bonchev–Trinajstić information content (AvgIpc) is 2.41. The number of nitrogens with zero attached hydrogens (tertiary/aromatic N) is 1. The Labute approximate surface area is 102 Å². The number of rotatable bonds is 5. The smallest absolute Gasteiger partial charge is 0.0192 e. The molecule has 0 spiro atoms. The summed E-state index contributed by atoms with van der Waals surface area (Å²) >= 11 is 0. The monoisotopic (exact) mass is 226 g/mol. The van der Waals surface area contributed by atoms with Gasteiger partial charge in [-0.15, -0.1) is 0 Å². The van der Waals surface area contributed by atoms with Crippen LogP contribution in [0.25, 0.3) is 0 Å². The van der Waals surface area contributed by atoms with Crippen LogP contribution in [0.2, 0.25) is 0 Å². The Morgan fingerprint density at radius 1 is 1.38 bits per heavy atom. The van der Waals surface area contributed by atoms with Crippen LogP contribution in [0.1, 0.15) is 53.4 Å². The van der Waals surface area contributed by atoms with Gasteiger partial charge in [0.1, 0.15) is 0 Å². The second-order valence-electron chi connectivity index (χ2n) is 5.73. The van der Waals surface area contributed by atoms with E-state index < -0.39 is 0 Å². The van der Waals surface area contributed by atoms with Crippen molar-refractivity contribution in [2.75, 3.05) is 19.6 Å². The summed E-state index contributed by atoms with van der Waals surface area (Å²) in [7, 11) is 0. The molecule has 0 aromatic rings. The largest absolute Gasteiger partial charge is 0.313 e. The van der Waals surface area contributed by atoms with E-state index in [4.69, 9.17) is 0 Å². The van der Waals surface area contributed by atoms with E-state index in [-0.39, 0.29) is 0 Å². The zero-order valence-electron chi connectivity index (χ0n) is 11.6. The Morgan fingerprint density at radius 2 is 2.12 bits per heavy atom. The van der Waals surface area contributed by atoms with Gasteiger partial charge in [0, 0.05) is 18.6 Å². The summed E-state index contributed by atoms with van der Waals surface area (Å²) in [5.74, 6) is 0.849. The first kappa shape index (κ1) is 14.0. The Morgan fingerprint density at radius 3 is 2.75 bits per heavy atom. The molecule has 16 heavy (non-hydrogen) atoms. The summed E-state index contributed by atoms with van der Waals surface area (Å²) in [4.78, 5) is 2.69. The quantitative estimate of drug-likeness (QED) is 0.775. The third-order valence-electron chi connectivity index (χ3n) is 3.79. The van der Waals surface area contributed by atoms with Gasteiger partial charge in [-0.05, 0) is 51.6 Å². The third-order valence-corrected chi connectivity index (χ3v) is 3.79. The van der Waals surface area contributed by atoms with E-state index >= 15 is 0 Å². The lowest BCUT2D eigenvalue weighted by atomic mass is 10.1. The van der Waals surface area contributed by atoms with Crippen LogP contribution in [-0.4, -0.2) is 36.6 Å². The van der Waals surface area contributed by atoms with Crippen LogP contribution < -0.4 is 5.32 Å². The van der Waals surface area contributed by atoms with E-state index in [1.165, 1.54) is 45.3 Å². The lowest BCUT2D eigenvalue weighted by Crippen LogP contribution is -2.40. The van der Waals surface area contributed by atoms with Crippen molar-refractivity contribution in [3.8, 4) is 0 Å². The minimum absolute atomic E-state index is 0.712. The molecule has 2 nitrogen and oxygen atoms in total. The van der Waals surface area contributed by atoms with Crippen LogP contribution in [0.4, 0.5) is 0 Å². The average molecular weight is 226 g/mol. The molecule has 96 valence electrons. The maximum atomic E-state index is 3.65. The standard InChI is InChI=1S/C14H30N2/c1-5-14-11-16(10-6-7-12(2)3)13(4)8-9-15-14/h12-15H,5-11H2,1-4H3. The molecule has 1 aliphatic heterocycles. The minimum atomic E-state index is 0.712. The van der Waals surface area contributed by atoms with Crippen molar-refractivity contribution in [2.24, 2.45) is 5.92 Å². The van der Waals surface area contributed by atoms with E-state index in [9.17, 15) is 0 Å². The molecular weight excluding hydrogens is 196 g/mol. The van der Waals surface area contributed by atoms with Gasteiger partial charge >= 0.3 is 0 Å². The summed E-state index contributed by atoms with van der Waals surface area (Å²) < 4.78 is 0. The van der Waals surface area contributed by atoms with Crippen molar-refractivity contribution in [2.45, 2.75) is 65.5 Å². The zero-order valence-corrected chi connectivity index (χ0v) is 11.6. The van der Waals surface area contributed by atoms with Crippen molar-refractivity contribution >= 4 is 0 Å². The molecule has 0 radical (unpaired) electrons. The van der Waals surface area contributed by atoms with Crippen LogP contribution >= 0.6 is 0 Å². The van der Waals surface area contributed by atoms with E-state index in [0.29, 0.717) is 6.04 Å². The van der Waals surface area contributed by atoms with E-state index in [1.807, 2.05) is 0 Å². The van der Waals surface area contributed by atoms with Crippen molar-refractivity contribution in [1.82, 2.24) is 10.2 Å². The van der Waals surface area contributed by atoms with Crippen molar-refractivity contribution in [3.05, 3.63) is 0 Å². The molecule has 0 aromatic heterocycles. The molecule has 1 fully saturated rings. The van der Waals surface area contributed by atoms with Gasteiger partial charge in [-0.2, -0.15) is 0 Å². The zero-order chi connectivity index (χ0) is 12.0. The summed E-state index contributed by atoms with van der Waals surface area (Å²) in [5, 5.41) is 3.65. The number of hydrogen-bond acceptors (Lipinski definition) is 2. The van der Waals surface area contributed by atoms with E-state index in [1.54, 1.807) is 0 Å². The van der Waals surface area contributed by atoms with Gasteiger partial charge in [-0.1, -0.05) is 20.8 Å². The number of hydrogen-bond donors (Lipinski definition) is 1. The number of nitrogens with one attached hydrogen (secondary N) is 1. The van der Waals surface area contributed by atoms with Gasteiger partial charge in [0.25, 0.3) is 0 Å². The van der Waals surface area contributed by atoms with Gasteiger partial charge in [0.15, 0.2) is 0 Å². The predicted molar refractivity (Wildman–Crippen MR) is 71.8 cm³/mol. The molecule has 0 aliphatic carbocycles. The lowest BCUT2D eigenvalue weighted by Gasteiger charge is -2.29. The second kappa shape index (κ2) is 7.29. The van der Waals surface area contributed by atoms with Gasteiger partial charge < -0.3 is 5.32 Å². The van der Waals surface area contributed by atoms with Crippen LogP contribution in [0.5, 0.6) is 0 Å². The molecular formula is C14H30N2. The normalized spacial score (nSPS) is 28.3. The molecule has 2 heteroatoms. The molecule has 0 amide bonds. The van der Waals surface area contributed by atoms with Crippen LogP contribution in [0.3, 0.4) is 0 Å². The first-order chi connectivity index (χ1) is 7.63. The third kappa shape index (κ3) is 4.84. The lowest BCUT2D eigenvalue weighted by molar-refractivity contribution is 0.196. The molecule has 1 aliphatic rings. The van der Waals surface area contributed by atoms with Gasteiger partial charge in [-0.3, -0.25) is 4.90 Å². The molecule has 0 aromatic carbocycles. The summed E-state index contributed by atoms with van der Waals surface area (Å²) in [6, 6.07) is 1.47. The molecule has 1 heterocycles. The second-order valence-corrected chi connectivity index (χ2v) is 5.73. The summed E-state index contributed by atoms with van der Waals surface area (Å²) in [5.41, 5.74) is 0. The van der Waals surface area contributed by atoms with Gasteiger partial charge in [0.05, 0.1) is 0 Å². The van der Waals surface area contributed by atoms with Crippen molar-refractivity contribution in [1.29, 1.82) is 0 Å². The maximum Gasteiger partial charge on any atom is 0.0192 e. The Kier molecular flexibility index (Phi) is 6.37. The molecule has 1 saturated heterocycles. The SMILES string of the molecule is CCC1CN(CCCC(C)C)C(C)CCN1. The minimum Gasteiger partial charge on any atom is -0.313 e. The Bertz CT molecular complexity index is 180. The molecule has 2 atom stereocenters. The fourth-order valence-corrected chi connectivity index (χ4v) is 2.49. The van der Waals surface area contributed by atoms with Crippen LogP contribution in [0, 0.1) is 5.92 Å². The molecule has 2 unspecified atom stereocenters. The molecule has 1 N–H and O–H groups in total. The highest BCUT2D eigenvalue weighted by atomic mass is 15.2. The summed E-state index contributed by atoms with van der Waals surface area (Å²) in [6.07, 6.45) is 5.29. The first-order valence-corrected chi connectivity index (χ1v) is 7.11. The first-order valence-electron chi connectivity index (χ1n) is 7.11. The predicted octanol–water partition coefficient (Wildman–Crippen LogP) is 2.89. The highest BCUT2D eigenvalue weighted by molar-refractivity contribution is 4.80. The summed E-state index contributed by atoms with van der Waals surface area (Å²) in [6.45, 7) is 13.0. The highest BCUT2D eigenvalue weighted by Crippen LogP contribution is 2.13. The Balaban J connectivity index is 2.34.